The summed E-state index contributed by atoms with van der Waals surface area (Å²) in [6.07, 6.45) is 5.09. The third-order valence-corrected chi connectivity index (χ3v) is 3.86. The molecule has 1 saturated heterocycles. The maximum absolute atomic E-state index is 3.53. The molecule has 0 bridgehead atoms. The van der Waals surface area contributed by atoms with Crippen molar-refractivity contribution >= 4 is 15.9 Å². The third-order valence-electron chi connectivity index (χ3n) is 3.34. The predicted molar refractivity (Wildman–Crippen MR) is 76.4 cm³/mol. The summed E-state index contributed by atoms with van der Waals surface area (Å²) in [5, 5.41) is 7.05. The van der Waals surface area contributed by atoms with E-state index in [0.717, 1.165) is 30.0 Å². The van der Waals surface area contributed by atoms with Crippen LogP contribution in [0.3, 0.4) is 0 Å². The van der Waals surface area contributed by atoms with Crippen molar-refractivity contribution in [2.24, 2.45) is 0 Å². The summed E-state index contributed by atoms with van der Waals surface area (Å²) in [5.41, 5.74) is 1.40. The molecule has 1 aromatic carbocycles. The van der Waals surface area contributed by atoms with Crippen molar-refractivity contribution in [3.05, 3.63) is 34.3 Å². The third kappa shape index (κ3) is 4.78. The maximum Gasteiger partial charge on any atom is 0.0175 e. The van der Waals surface area contributed by atoms with Crippen molar-refractivity contribution in [3.63, 3.8) is 0 Å². The normalized spacial score (nSPS) is 19.7. The summed E-state index contributed by atoms with van der Waals surface area (Å²) in [6, 6.07) is 9.35. The highest BCUT2D eigenvalue weighted by Gasteiger charge is 2.12. The lowest BCUT2D eigenvalue weighted by atomic mass is 10.1. The van der Waals surface area contributed by atoms with Crippen molar-refractivity contribution in [2.75, 3.05) is 19.6 Å². The fourth-order valence-electron chi connectivity index (χ4n) is 2.29. The Morgan fingerprint density at radius 1 is 1.24 bits per heavy atom. The number of hydrogen-bond donors (Lipinski definition) is 2. The molecule has 17 heavy (non-hydrogen) atoms. The van der Waals surface area contributed by atoms with Gasteiger partial charge >= 0.3 is 0 Å². The fraction of sp³-hybridized carbons (Fsp3) is 0.571. The van der Waals surface area contributed by atoms with E-state index < -0.39 is 0 Å². The van der Waals surface area contributed by atoms with Crippen molar-refractivity contribution in [2.45, 2.75) is 31.7 Å². The first kappa shape index (κ1) is 13.1. The van der Waals surface area contributed by atoms with Gasteiger partial charge in [-0.05, 0) is 63.0 Å². The Morgan fingerprint density at radius 3 is 2.76 bits per heavy atom. The number of hydrogen-bond acceptors (Lipinski definition) is 2. The second kappa shape index (κ2) is 7.14. The molecule has 1 fully saturated rings. The maximum atomic E-state index is 3.53. The molecule has 1 aliphatic heterocycles. The summed E-state index contributed by atoms with van der Waals surface area (Å²) in [7, 11) is 0. The van der Waals surface area contributed by atoms with Crippen LogP contribution in [0.2, 0.25) is 0 Å². The molecule has 1 heterocycles. The lowest BCUT2D eigenvalue weighted by Crippen LogP contribution is -2.28. The number of rotatable bonds is 6. The molecule has 0 amide bonds. The zero-order chi connectivity index (χ0) is 11.9. The molecular formula is C14H21BrN2. The molecule has 0 aliphatic carbocycles. The van der Waals surface area contributed by atoms with Gasteiger partial charge in [0.25, 0.3) is 0 Å². The van der Waals surface area contributed by atoms with Crippen molar-refractivity contribution < 1.29 is 0 Å². The van der Waals surface area contributed by atoms with E-state index in [0.29, 0.717) is 0 Å². The van der Waals surface area contributed by atoms with Crippen LogP contribution in [-0.4, -0.2) is 25.7 Å². The Morgan fingerprint density at radius 2 is 2.06 bits per heavy atom. The summed E-state index contributed by atoms with van der Waals surface area (Å²) in [6.45, 7) is 3.42. The molecule has 1 unspecified atom stereocenters. The molecule has 1 aliphatic rings. The lowest BCUT2D eigenvalue weighted by Gasteiger charge is -2.10. The molecule has 0 aromatic heterocycles. The van der Waals surface area contributed by atoms with Crippen LogP contribution in [0.1, 0.15) is 24.8 Å². The van der Waals surface area contributed by atoms with Crippen LogP contribution in [0.15, 0.2) is 28.7 Å². The molecule has 1 atom stereocenters. The van der Waals surface area contributed by atoms with Crippen LogP contribution in [0, 0.1) is 0 Å². The highest BCUT2D eigenvalue weighted by molar-refractivity contribution is 9.10. The standard InChI is InChI=1S/C14H21BrN2/c15-13-5-3-12(4-6-13)7-10-16-11-8-14-2-1-9-17-14/h3-6,14,16-17H,1-2,7-11H2. The van der Waals surface area contributed by atoms with E-state index >= 15 is 0 Å². The van der Waals surface area contributed by atoms with Crippen LogP contribution >= 0.6 is 15.9 Å². The van der Waals surface area contributed by atoms with Gasteiger partial charge in [-0.3, -0.25) is 0 Å². The molecule has 2 N–H and O–H groups in total. The van der Waals surface area contributed by atoms with E-state index in [9.17, 15) is 0 Å². The van der Waals surface area contributed by atoms with Crippen molar-refractivity contribution in [1.82, 2.24) is 10.6 Å². The minimum Gasteiger partial charge on any atom is -0.316 e. The van der Waals surface area contributed by atoms with Crippen molar-refractivity contribution in [3.8, 4) is 0 Å². The first-order chi connectivity index (χ1) is 8.34. The highest BCUT2D eigenvalue weighted by atomic mass is 79.9. The minimum atomic E-state index is 0.759. The first-order valence-corrected chi connectivity index (χ1v) is 7.32. The van der Waals surface area contributed by atoms with Gasteiger partial charge in [-0.2, -0.15) is 0 Å². The van der Waals surface area contributed by atoms with Gasteiger partial charge < -0.3 is 10.6 Å². The van der Waals surface area contributed by atoms with Gasteiger partial charge in [0.1, 0.15) is 0 Å². The van der Waals surface area contributed by atoms with Crippen LogP contribution in [0.5, 0.6) is 0 Å². The molecule has 94 valence electrons. The average Bonchev–Trinajstić information content (AvgIpc) is 2.84. The van der Waals surface area contributed by atoms with Gasteiger partial charge in [0.05, 0.1) is 0 Å². The number of benzene rings is 1. The molecule has 0 radical (unpaired) electrons. The second-order valence-corrected chi connectivity index (χ2v) is 5.62. The SMILES string of the molecule is Brc1ccc(CCNCCC2CCCN2)cc1. The van der Waals surface area contributed by atoms with Gasteiger partial charge in [-0.15, -0.1) is 0 Å². The van der Waals surface area contributed by atoms with E-state index in [-0.39, 0.29) is 0 Å². The monoisotopic (exact) mass is 296 g/mol. The van der Waals surface area contributed by atoms with Crippen LogP contribution in [0.4, 0.5) is 0 Å². The van der Waals surface area contributed by atoms with E-state index in [2.05, 4.69) is 50.8 Å². The molecule has 0 saturated carbocycles. The van der Waals surface area contributed by atoms with E-state index in [1.54, 1.807) is 0 Å². The highest BCUT2D eigenvalue weighted by Crippen LogP contribution is 2.10. The lowest BCUT2D eigenvalue weighted by molar-refractivity contribution is 0.525. The zero-order valence-corrected chi connectivity index (χ0v) is 11.8. The Hall–Kier alpha value is -0.380. The van der Waals surface area contributed by atoms with Crippen LogP contribution < -0.4 is 10.6 Å². The Bertz CT molecular complexity index is 317. The number of halogens is 1. The summed E-state index contributed by atoms with van der Waals surface area (Å²) >= 11 is 3.45. The smallest absolute Gasteiger partial charge is 0.0175 e. The molecule has 3 heteroatoms. The topological polar surface area (TPSA) is 24.1 Å². The Kier molecular flexibility index (Phi) is 5.49. The van der Waals surface area contributed by atoms with Crippen LogP contribution in [0.25, 0.3) is 0 Å². The van der Waals surface area contributed by atoms with Crippen LogP contribution in [-0.2, 0) is 6.42 Å². The quantitative estimate of drug-likeness (QED) is 0.789. The van der Waals surface area contributed by atoms with E-state index in [1.807, 2.05) is 0 Å². The number of nitrogens with one attached hydrogen (secondary N) is 2. The summed E-state index contributed by atoms with van der Waals surface area (Å²) in [5.74, 6) is 0. The zero-order valence-electron chi connectivity index (χ0n) is 10.2. The van der Waals surface area contributed by atoms with E-state index in [4.69, 9.17) is 0 Å². The Labute approximate surface area is 112 Å². The van der Waals surface area contributed by atoms with Gasteiger partial charge in [-0.25, -0.2) is 0 Å². The van der Waals surface area contributed by atoms with Gasteiger partial charge in [0, 0.05) is 10.5 Å². The molecule has 2 rings (SSSR count). The molecular weight excluding hydrogens is 276 g/mol. The summed E-state index contributed by atoms with van der Waals surface area (Å²) in [4.78, 5) is 0. The first-order valence-electron chi connectivity index (χ1n) is 6.53. The molecule has 2 nitrogen and oxygen atoms in total. The van der Waals surface area contributed by atoms with Crippen molar-refractivity contribution in [1.29, 1.82) is 0 Å². The Balaban J connectivity index is 1.55. The fourth-order valence-corrected chi connectivity index (χ4v) is 2.55. The largest absolute Gasteiger partial charge is 0.316 e. The van der Waals surface area contributed by atoms with Gasteiger partial charge in [-0.1, -0.05) is 28.1 Å². The minimum absolute atomic E-state index is 0.759. The molecule has 1 aromatic rings. The average molecular weight is 297 g/mol. The summed E-state index contributed by atoms with van der Waals surface area (Å²) < 4.78 is 1.15. The molecule has 0 spiro atoms. The second-order valence-electron chi connectivity index (χ2n) is 4.71. The van der Waals surface area contributed by atoms with Gasteiger partial charge in [0.2, 0.25) is 0 Å². The van der Waals surface area contributed by atoms with Gasteiger partial charge in [0.15, 0.2) is 0 Å². The predicted octanol–water partition coefficient (Wildman–Crippen LogP) is 2.72. The van der Waals surface area contributed by atoms with E-state index in [1.165, 1.54) is 31.4 Å².